The highest BCUT2D eigenvalue weighted by Crippen LogP contribution is 2.27. The molecule has 32 heavy (non-hydrogen) atoms. The number of halogens is 1. The van der Waals surface area contributed by atoms with Crippen LogP contribution in [-0.2, 0) is 6.42 Å². The van der Waals surface area contributed by atoms with E-state index in [1.165, 1.54) is 39.3 Å². The van der Waals surface area contributed by atoms with E-state index in [-0.39, 0.29) is 0 Å². The summed E-state index contributed by atoms with van der Waals surface area (Å²) in [4.78, 5) is 0. The van der Waals surface area contributed by atoms with Gasteiger partial charge in [0.1, 0.15) is 0 Å². The fourth-order valence-electron chi connectivity index (χ4n) is 3.84. The van der Waals surface area contributed by atoms with Crippen LogP contribution < -0.4 is 23.2 Å². The summed E-state index contributed by atoms with van der Waals surface area (Å²) in [6.07, 6.45) is 5.40. The molecule has 0 saturated heterocycles. The molecular weight excluding hydrogens is 426 g/mol. The molecule has 0 saturated carbocycles. The Morgan fingerprint density at radius 2 is 1.25 bits per heavy atom. The molecular formula is C26H20ClNO4. The van der Waals surface area contributed by atoms with Gasteiger partial charge in [0, 0.05) is 29.8 Å². The van der Waals surface area contributed by atoms with Gasteiger partial charge in [-0.15, -0.1) is 10.2 Å². The molecule has 0 aliphatic carbocycles. The maximum atomic E-state index is 8.49. The molecule has 0 bridgehead atoms. The molecule has 0 unspecified atom stereocenters. The van der Waals surface area contributed by atoms with Gasteiger partial charge < -0.3 is 0 Å². The fraction of sp³-hybridized carbons (Fsp3) is 0.0385. The van der Waals surface area contributed by atoms with E-state index in [4.69, 9.17) is 18.6 Å². The van der Waals surface area contributed by atoms with Gasteiger partial charge in [-0.3, -0.25) is 0 Å². The summed E-state index contributed by atoms with van der Waals surface area (Å²) in [7, 11) is -4.94. The standard InChI is InChI=1S/C26H20N.ClHO4/c1-3-9-20(10-4-1)15-16-24-18-23(21-11-5-2-6-12-21)19-25-17-22-13-7-8-14-26(22)27(24)25;2-1(3,4)5/h1-16,18-19H,17H2;(H,2,3,4,5)/q+1;/p-1. The Kier molecular flexibility index (Phi) is 6.46. The monoisotopic (exact) mass is 445 g/mol. The van der Waals surface area contributed by atoms with E-state index < -0.39 is 10.2 Å². The third-order valence-electron chi connectivity index (χ3n) is 5.13. The molecule has 0 fully saturated rings. The van der Waals surface area contributed by atoms with Crippen molar-refractivity contribution >= 4 is 12.2 Å². The van der Waals surface area contributed by atoms with Crippen LogP contribution in [0.5, 0.6) is 0 Å². The van der Waals surface area contributed by atoms with Gasteiger partial charge >= 0.3 is 0 Å². The summed E-state index contributed by atoms with van der Waals surface area (Å²) >= 11 is 0. The summed E-state index contributed by atoms with van der Waals surface area (Å²) in [5.74, 6) is 0. The second kappa shape index (κ2) is 9.44. The molecule has 4 aromatic rings. The van der Waals surface area contributed by atoms with Crippen LogP contribution in [-0.4, -0.2) is 0 Å². The second-order valence-electron chi connectivity index (χ2n) is 7.29. The zero-order valence-corrected chi connectivity index (χ0v) is 17.8. The molecule has 0 amide bonds. The molecule has 1 aliphatic rings. The Morgan fingerprint density at radius 3 is 1.94 bits per heavy atom. The molecule has 5 nitrogen and oxygen atoms in total. The van der Waals surface area contributed by atoms with Gasteiger partial charge in [0.05, 0.1) is 6.42 Å². The molecule has 0 atom stereocenters. The van der Waals surface area contributed by atoms with Crippen molar-refractivity contribution < 1.29 is 33.4 Å². The Morgan fingerprint density at radius 1 is 0.656 bits per heavy atom. The maximum absolute atomic E-state index is 8.49. The van der Waals surface area contributed by atoms with Gasteiger partial charge in [-0.05, 0) is 22.8 Å². The van der Waals surface area contributed by atoms with Crippen LogP contribution in [0.3, 0.4) is 0 Å². The van der Waals surface area contributed by atoms with E-state index in [9.17, 15) is 0 Å². The van der Waals surface area contributed by atoms with Gasteiger partial charge in [-0.25, -0.2) is 18.6 Å². The van der Waals surface area contributed by atoms with Crippen LogP contribution in [0, 0.1) is 10.2 Å². The Bertz CT molecular complexity index is 1230. The minimum absolute atomic E-state index is 0.975. The summed E-state index contributed by atoms with van der Waals surface area (Å²) in [6, 6.07) is 34.4. The number of hydrogen-bond acceptors (Lipinski definition) is 4. The molecule has 2 heterocycles. The van der Waals surface area contributed by atoms with Crippen molar-refractivity contribution in [3.63, 3.8) is 0 Å². The normalized spacial score (nSPS) is 12.1. The number of para-hydroxylation sites is 1. The number of rotatable bonds is 3. The van der Waals surface area contributed by atoms with Gasteiger partial charge in [0.15, 0.2) is 5.69 Å². The largest absolute Gasteiger partial charge is 0.222 e. The first-order valence-corrected chi connectivity index (χ1v) is 11.2. The number of aromatic nitrogens is 1. The molecule has 160 valence electrons. The number of hydrogen-bond donors (Lipinski definition) is 0. The van der Waals surface area contributed by atoms with Crippen LogP contribution in [0.2, 0.25) is 0 Å². The topological polar surface area (TPSA) is 96.1 Å². The lowest BCUT2D eigenvalue weighted by molar-refractivity contribution is -2.00. The van der Waals surface area contributed by atoms with Gasteiger partial charge in [0.25, 0.3) is 0 Å². The summed E-state index contributed by atoms with van der Waals surface area (Å²) in [6.45, 7) is 0. The van der Waals surface area contributed by atoms with Crippen molar-refractivity contribution in [3.8, 4) is 16.8 Å². The zero-order valence-electron chi connectivity index (χ0n) is 17.1. The maximum Gasteiger partial charge on any atom is 0.215 e. The van der Waals surface area contributed by atoms with E-state index >= 15 is 0 Å². The van der Waals surface area contributed by atoms with Crippen molar-refractivity contribution in [2.75, 3.05) is 0 Å². The van der Waals surface area contributed by atoms with Crippen LogP contribution in [0.15, 0.2) is 97.1 Å². The van der Waals surface area contributed by atoms with Crippen molar-refractivity contribution in [2.24, 2.45) is 0 Å². The van der Waals surface area contributed by atoms with Crippen LogP contribution in [0.25, 0.3) is 29.0 Å². The molecule has 3 aromatic carbocycles. The van der Waals surface area contributed by atoms with Crippen LogP contribution in [0.4, 0.5) is 0 Å². The van der Waals surface area contributed by atoms with E-state index in [0.29, 0.717) is 0 Å². The van der Waals surface area contributed by atoms with Crippen molar-refractivity contribution in [1.29, 1.82) is 0 Å². The zero-order chi connectivity index (χ0) is 22.6. The average molecular weight is 446 g/mol. The van der Waals surface area contributed by atoms with E-state index in [0.717, 1.165) is 6.42 Å². The predicted molar refractivity (Wildman–Crippen MR) is 112 cm³/mol. The first kappa shape index (κ1) is 21.9. The SMILES string of the molecule is C(=Cc1cc(-c2ccccc2)cc2[n+]1-c1ccccc1C2)c1ccccc1.[O-][Cl+3]([O-])([O-])[O-]. The summed E-state index contributed by atoms with van der Waals surface area (Å²) in [5, 5.41) is 0. The van der Waals surface area contributed by atoms with Crippen LogP contribution >= 0.6 is 0 Å². The highest BCUT2D eigenvalue weighted by atomic mass is 35.7. The van der Waals surface area contributed by atoms with Gasteiger partial charge in [-0.2, -0.15) is 4.57 Å². The Balaban J connectivity index is 0.000000444. The highest BCUT2D eigenvalue weighted by Gasteiger charge is 2.30. The van der Waals surface area contributed by atoms with E-state index in [1.807, 2.05) is 0 Å². The molecule has 6 heteroatoms. The summed E-state index contributed by atoms with van der Waals surface area (Å²) < 4.78 is 36.4. The Labute approximate surface area is 188 Å². The third-order valence-corrected chi connectivity index (χ3v) is 5.13. The number of nitrogens with zero attached hydrogens (tertiary/aromatic N) is 1. The second-order valence-corrected chi connectivity index (χ2v) is 8.05. The highest BCUT2D eigenvalue weighted by molar-refractivity contribution is 5.72. The lowest BCUT2D eigenvalue weighted by Crippen LogP contribution is -2.68. The lowest BCUT2D eigenvalue weighted by atomic mass is 10.0. The predicted octanol–water partition coefficient (Wildman–Crippen LogP) is 0.949. The molecule has 0 radical (unpaired) electrons. The van der Waals surface area contributed by atoms with Gasteiger partial charge in [0.2, 0.25) is 11.4 Å². The Hall–Kier alpha value is -3.32. The number of fused-ring (bicyclic) bond motifs is 3. The van der Waals surface area contributed by atoms with Crippen molar-refractivity contribution in [3.05, 3.63) is 120 Å². The molecule has 5 rings (SSSR count). The minimum Gasteiger partial charge on any atom is -0.222 e. The minimum atomic E-state index is -4.94. The lowest BCUT2D eigenvalue weighted by Gasteiger charge is -2.17. The number of benzene rings is 3. The van der Waals surface area contributed by atoms with Crippen LogP contribution in [0.1, 0.15) is 22.5 Å². The first-order valence-electron chi connectivity index (χ1n) is 9.96. The van der Waals surface area contributed by atoms with E-state index in [2.05, 4.69) is 114 Å². The fourth-order valence-corrected chi connectivity index (χ4v) is 3.84. The van der Waals surface area contributed by atoms with Gasteiger partial charge in [-0.1, -0.05) is 78.9 Å². The smallest absolute Gasteiger partial charge is 0.215 e. The van der Waals surface area contributed by atoms with E-state index in [1.54, 1.807) is 0 Å². The average Bonchev–Trinajstić information content (AvgIpc) is 3.16. The third kappa shape index (κ3) is 5.48. The first-order chi connectivity index (χ1) is 15.4. The summed E-state index contributed by atoms with van der Waals surface area (Å²) in [5.41, 5.74) is 8.96. The molecule has 1 aliphatic heterocycles. The van der Waals surface area contributed by atoms with Crippen molar-refractivity contribution in [1.82, 2.24) is 0 Å². The molecule has 0 spiro atoms. The molecule has 0 N–H and O–H groups in total. The van der Waals surface area contributed by atoms with Crippen molar-refractivity contribution in [2.45, 2.75) is 6.42 Å². The quantitative estimate of drug-likeness (QED) is 0.386. The molecule has 1 aromatic heterocycles. The number of pyridine rings is 1.